The van der Waals surface area contributed by atoms with Crippen molar-refractivity contribution in [3.63, 3.8) is 0 Å². The number of aromatic nitrogens is 1. The number of hydrazine groups is 1. The lowest BCUT2D eigenvalue weighted by molar-refractivity contribution is -0.121. The molecule has 1 amide bonds. The van der Waals surface area contributed by atoms with Gasteiger partial charge in [0.1, 0.15) is 0 Å². The maximum atomic E-state index is 13.7. The van der Waals surface area contributed by atoms with Crippen LogP contribution < -0.4 is 26.2 Å². The zero-order chi connectivity index (χ0) is 30.4. The lowest BCUT2D eigenvalue weighted by Gasteiger charge is -2.37. The molecule has 1 aromatic carbocycles. The quantitative estimate of drug-likeness (QED) is 0.0754. The van der Waals surface area contributed by atoms with Crippen LogP contribution in [0.5, 0.6) is 11.5 Å². The Bertz CT molecular complexity index is 1590. The summed E-state index contributed by atoms with van der Waals surface area (Å²) in [5, 5.41) is 14.7. The molecule has 1 aliphatic carbocycles. The minimum absolute atomic E-state index is 0.0593. The van der Waals surface area contributed by atoms with Crippen molar-refractivity contribution in [2.24, 2.45) is 27.1 Å². The van der Waals surface area contributed by atoms with Gasteiger partial charge >= 0.3 is 0 Å². The highest BCUT2D eigenvalue weighted by Crippen LogP contribution is 2.52. The van der Waals surface area contributed by atoms with Gasteiger partial charge in [-0.05, 0) is 77.4 Å². The van der Waals surface area contributed by atoms with Gasteiger partial charge in [0, 0.05) is 61.7 Å². The SMILES string of the molecule is CNC1CCC([C@@]2(C)Oc3c(Br)cc(C(=O)N(N)Cc4c(N=[N+]=[N-])cc(CN=[N+]=[N-])[nH]c4=O)c(CN=[N+]=[N-])c3O2)CC1. The number of azide groups is 3. The van der Waals surface area contributed by atoms with E-state index in [1.54, 1.807) is 0 Å². The molecule has 17 nitrogen and oxygen atoms in total. The third-order valence-electron chi connectivity index (χ3n) is 7.52. The van der Waals surface area contributed by atoms with Crippen LogP contribution in [0.2, 0.25) is 0 Å². The van der Waals surface area contributed by atoms with E-state index in [9.17, 15) is 9.59 Å². The number of fused-ring (bicyclic) bond motifs is 1. The summed E-state index contributed by atoms with van der Waals surface area (Å²) >= 11 is 3.48. The number of ether oxygens (including phenoxy) is 2. The number of nitrogens with zero attached hydrogens (tertiary/aromatic N) is 10. The third-order valence-corrected chi connectivity index (χ3v) is 8.11. The maximum Gasteiger partial charge on any atom is 0.268 e. The second-order valence-corrected chi connectivity index (χ2v) is 10.8. The average molecular weight is 642 g/mol. The third kappa shape index (κ3) is 6.24. The summed E-state index contributed by atoms with van der Waals surface area (Å²) in [4.78, 5) is 37.2. The fourth-order valence-corrected chi connectivity index (χ4v) is 5.80. The van der Waals surface area contributed by atoms with E-state index >= 15 is 0 Å². The number of carbonyl (C=O) groups is 1. The van der Waals surface area contributed by atoms with Crippen molar-refractivity contribution < 1.29 is 14.3 Å². The standard InChI is InChI=1S/C24H28BrN13O4/c1-24(12-3-5-13(30-2)6-4-12)41-20-16(10-32-36-27)15(8-18(25)21(20)42-24)23(40)38(29)11-17-19(34-37-28)7-14(9-31-35-26)33-22(17)39/h7-8,12-13,30H,3-6,9-11,29H2,1-2H3,(H,33,39)/t12?,13?,24-/m1/s1. The lowest BCUT2D eigenvalue weighted by atomic mass is 9.81. The summed E-state index contributed by atoms with van der Waals surface area (Å²) in [5.41, 5.74) is 26.3. The van der Waals surface area contributed by atoms with E-state index in [0.717, 1.165) is 30.7 Å². The molecule has 4 N–H and O–H groups in total. The van der Waals surface area contributed by atoms with Crippen LogP contribution in [0, 0.1) is 5.92 Å². The highest BCUT2D eigenvalue weighted by Gasteiger charge is 2.47. The number of pyridine rings is 1. The molecule has 42 heavy (non-hydrogen) atoms. The van der Waals surface area contributed by atoms with Crippen molar-refractivity contribution in [2.45, 2.75) is 64.1 Å². The Balaban J connectivity index is 1.67. The van der Waals surface area contributed by atoms with Crippen LogP contribution in [0.25, 0.3) is 31.3 Å². The zero-order valence-corrected chi connectivity index (χ0v) is 24.4. The van der Waals surface area contributed by atoms with Crippen LogP contribution in [0.15, 0.2) is 36.7 Å². The molecule has 4 rings (SSSR count). The van der Waals surface area contributed by atoms with Gasteiger partial charge in [0.15, 0.2) is 11.5 Å². The normalized spacial score (nSPS) is 20.6. The molecule has 18 heteroatoms. The molecule has 1 fully saturated rings. The van der Waals surface area contributed by atoms with Crippen LogP contribution in [0.4, 0.5) is 5.69 Å². The number of H-pyrrole nitrogens is 1. The fourth-order valence-electron chi connectivity index (χ4n) is 5.31. The van der Waals surface area contributed by atoms with Crippen LogP contribution in [0.3, 0.4) is 0 Å². The molecule has 0 unspecified atom stereocenters. The summed E-state index contributed by atoms with van der Waals surface area (Å²) < 4.78 is 13.2. The number of carbonyl (C=O) groups excluding carboxylic acids is 1. The molecular formula is C24H28BrN13O4. The minimum Gasteiger partial charge on any atom is -0.448 e. The molecular weight excluding hydrogens is 614 g/mol. The molecule has 2 aliphatic rings. The zero-order valence-electron chi connectivity index (χ0n) is 22.8. The summed E-state index contributed by atoms with van der Waals surface area (Å²) in [6.07, 6.45) is 3.65. The van der Waals surface area contributed by atoms with Gasteiger partial charge in [-0.3, -0.25) is 14.6 Å². The smallest absolute Gasteiger partial charge is 0.268 e. The van der Waals surface area contributed by atoms with E-state index in [1.807, 2.05) is 14.0 Å². The molecule has 1 saturated carbocycles. The van der Waals surface area contributed by atoms with E-state index in [-0.39, 0.29) is 52.8 Å². The van der Waals surface area contributed by atoms with E-state index in [1.165, 1.54) is 12.1 Å². The molecule has 1 aliphatic heterocycles. The van der Waals surface area contributed by atoms with Gasteiger partial charge in [-0.25, -0.2) is 5.84 Å². The first-order valence-corrected chi connectivity index (χ1v) is 13.7. The van der Waals surface area contributed by atoms with E-state index in [4.69, 9.17) is 31.9 Å². The van der Waals surface area contributed by atoms with Crippen molar-refractivity contribution in [3.8, 4) is 11.5 Å². The van der Waals surface area contributed by atoms with Crippen LogP contribution in [-0.4, -0.2) is 34.8 Å². The number of halogens is 1. The fraction of sp³-hybridized carbons (Fsp3) is 0.500. The molecule has 220 valence electrons. The van der Waals surface area contributed by atoms with Gasteiger partial charge in [-0.15, -0.1) is 0 Å². The summed E-state index contributed by atoms with van der Waals surface area (Å²) in [6, 6.07) is 3.26. The topological polar surface area (TPSA) is 256 Å². The van der Waals surface area contributed by atoms with Gasteiger partial charge in [-0.2, -0.15) is 0 Å². The summed E-state index contributed by atoms with van der Waals surface area (Å²) in [5.74, 6) is 5.15. The number of rotatable bonds is 10. The predicted molar refractivity (Wildman–Crippen MR) is 154 cm³/mol. The van der Waals surface area contributed by atoms with Crippen molar-refractivity contribution in [2.75, 3.05) is 7.05 Å². The second-order valence-electron chi connectivity index (χ2n) is 9.99. The van der Waals surface area contributed by atoms with Gasteiger partial charge < -0.3 is 19.8 Å². The lowest BCUT2D eigenvalue weighted by Crippen LogP contribution is -2.46. The monoisotopic (exact) mass is 641 g/mol. The first-order chi connectivity index (χ1) is 20.1. The molecule has 0 spiro atoms. The van der Waals surface area contributed by atoms with Gasteiger partial charge in [0.05, 0.1) is 24.1 Å². The Kier molecular flexibility index (Phi) is 9.48. The Morgan fingerprint density at radius 1 is 1.12 bits per heavy atom. The van der Waals surface area contributed by atoms with E-state index in [0.29, 0.717) is 16.3 Å². The molecule has 2 heterocycles. The molecule has 1 atom stereocenters. The van der Waals surface area contributed by atoms with Gasteiger partial charge in [0.2, 0.25) is 0 Å². The van der Waals surface area contributed by atoms with Crippen molar-refractivity contribution in [1.82, 2.24) is 15.3 Å². The number of aromatic amines is 1. The molecule has 0 saturated heterocycles. The highest BCUT2D eigenvalue weighted by atomic mass is 79.9. The largest absolute Gasteiger partial charge is 0.448 e. The van der Waals surface area contributed by atoms with Crippen LogP contribution in [-0.2, 0) is 19.6 Å². The van der Waals surface area contributed by atoms with Crippen molar-refractivity contribution >= 4 is 27.5 Å². The molecule has 0 bridgehead atoms. The Morgan fingerprint density at radius 2 is 1.79 bits per heavy atom. The average Bonchev–Trinajstić information content (AvgIpc) is 3.36. The van der Waals surface area contributed by atoms with Crippen LogP contribution in [0.1, 0.15) is 59.8 Å². The summed E-state index contributed by atoms with van der Waals surface area (Å²) in [7, 11) is 1.94. The molecule has 1 aromatic heterocycles. The minimum atomic E-state index is -1.01. The number of benzene rings is 1. The second kappa shape index (κ2) is 13.0. The molecule has 0 radical (unpaired) electrons. The number of nitrogens with two attached hydrogens (primary N) is 1. The van der Waals surface area contributed by atoms with Crippen molar-refractivity contribution in [1.29, 1.82) is 0 Å². The maximum absolute atomic E-state index is 13.7. The molecule has 2 aromatic rings. The summed E-state index contributed by atoms with van der Waals surface area (Å²) in [6.45, 7) is 0.997. The van der Waals surface area contributed by atoms with Gasteiger partial charge in [0.25, 0.3) is 17.3 Å². The number of nitrogens with one attached hydrogen (secondary N) is 2. The Labute approximate surface area is 247 Å². The predicted octanol–water partition coefficient (Wildman–Crippen LogP) is 5.48. The number of hydrogen-bond donors (Lipinski definition) is 3. The van der Waals surface area contributed by atoms with E-state index < -0.39 is 23.8 Å². The van der Waals surface area contributed by atoms with Crippen LogP contribution >= 0.6 is 15.9 Å². The number of amides is 1. The number of hydrogen-bond acceptors (Lipinski definition) is 9. The van der Waals surface area contributed by atoms with Crippen molar-refractivity contribution in [3.05, 3.63) is 80.7 Å². The first-order valence-electron chi connectivity index (χ1n) is 12.9. The Morgan fingerprint density at radius 3 is 2.43 bits per heavy atom. The van der Waals surface area contributed by atoms with Gasteiger partial charge in [-0.1, -0.05) is 15.3 Å². The first kappa shape index (κ1) is 30.5. The van der Waals surface area contributed by atoms with E-state index in [2.05, 4.69) is 56.3 Å². The highest BCUT2D eigenvalue weighted by molar-refractivity contribution is 9.10. The Hall–Kier alpha value is -4.43.